The van der Waals surface area contributed by atoms with Crippen molar-refractivity contribution in [1.29, 1.82) is 0 Å². The number of hydrogen-bond acceptors (Lipinski definition) is 6. The number of thioether (sulfide) groups is 1. The van der Waals surface area contributed by atoms with Gasteiger partial charge in [-0.1, -0.05) is 48.2 Å². The first-order chi connectivity index (χ1) is 13.6. The summed E-state index contributed by atoms with van der Waals surface area (Å²) >= 11 is 1.36. The van der Waals surface area contributed by atoms with Crippen LogP contribution in [0.25, 0.3) is 0 Å². The number of hydrogen-bond donors (Lipinski definition) is 1. The van der Waals surface area contributed by atoms with E-state index in [4.69, 9.17) is 0 Å². The highest BCUT2D eigenvalue weighted by atomic mass is 32.2. The number of nitro groups is 1. The molecular formula is C19H19N5O3S. The molecule has 9 heteroatoms. The zero-order valence-corrected chi connectivity index (χ0v) is 16.1. The van der Waals surface area contributed by atoms with Crippen LogP contribution in [0.2, 0.25) is 0 Å². The van der Waals surface area contributed by atoms with Crippen molar-refractivity contribution in [3.63, 3.8) is 0 Å². The Bertz CT molecular complexity index is 975. The zero-order chi connectivity index (χ0) is 19.9. The first-order valence-electron chi connectivity index (χ1n) is 8.70. The molecule has 0 saturated heterocycles. The molecule has 0 radical (unpaired) electrons. The molecule has 0 fully saturated rings. The second-order valence-corrected chi connectivity index (χ2v) is 6.85. The van der Waals surface area contributed by atoms with Crippen molar-refractivity contribution in [1.82, 2.24) is 14.8 Å². The maximum absolute atomic E-state index is 12.3. The van der Waals surface area contributed by atoms with Crippen molar-refractivity contribution in [2.75, 3.05) is 5.32 Å². The fourth-order valence-electron chi connectivity index (χ4n) is 2.70. The van der Waals surface area contributed by atoms with E-state index in [1.165, 1.54) is 17.8 Å². The summed E-state index contributed by atoms with van der Waals surface area (Å²) in [5.41, 5.74) is 1.42. The average Bonchev–Trinajstić information content (AvgIpc) is 3.08. The molecule has 0 saturated carbocycles. The van der Waals surface area contributed by atoms with Gasteiger partial charge in [-0.25, -0.2) is 0 Å². The standard InChI is InChI=1S/C19H19N5O3S/c1-2-23-17(12-18(25)20-15-9-4-3-5-10-15)21-22-19(23)28-13-14-8-6-7-11-16(14)24(26)27/h3-11H,2,12-13H2,1H3,(H,20,25). The molecule has 0 aliphatic heterocycles. The van der Waals surface area contributed by atoms with Crippen molar-refractivity contribution in [2.45, 2.75) is 30.8 Å². The van der Waals surface area contributed by atoms with Gasteiger partial charge >= 0.3 is 0 Å². The summed E-state index contributed by atoms with van der Waals surface area (Å²) in [5, 5.41) is 22.9. The molecule has 1 amide bonds. The van der Waals surface area contributed by atoms with Crippen LogP contribution in [0.5, 0.6) is 0 Å². The van der Waals surface area contributed by atoms with Crippen LogP contribution in [0.3, 0.4) is 0 Å². The van der Waals surface area contributed by atoms with Crippen LogP contribution < -0.4 is 5.32 Å². The number of nitrogens with zero attached hydrogens (tertiary/aromatic N) is 4. The molecule has 1 heterocycles. The summed E-state index contributed by atoms with van der Waals surface area (Å²) in [7, 11) is 0. The van der Waals surface area contributed by atoms with Gasteiger partial charge in [-0.15, -0.1) is 10.2 Å². The van der Waals surface area contributed by atoms with Crippen LogP contribution in [0, 0.1) is 10.1 Å². The molecule has 0 unspecified atom stereocenters. The average molecular weight is 397 g/mol. The number of aromatic nitrogens is 3. The summed E-state index contributed by atoms with van der Waals surface area (Å²) in [5.74, 6) is 0.774. The van der Waals surface area contributed by atoms with Gasteiger partial charge in [0.1, 0.15) is 5.82 Å². The number of benzene rings is 2. The lowest BCUT2D eigenvalue weighted by Gasteiger charge is -2.08. The molecule has 2 aromatic carbocycles. The van der Waals surface area contributed by atoms with E-state index in [1.807, 2.05) is 41.8 Å². The van der Waals surface area contributed by atoms with Crippen molar-refractivity contribution in [3.05, 3.63) is 76.1 Å². The molecule has 0 atom stereocenters. The fourth-order valence-corrected chi connectivity index (χ4v) is 3.72. The molecule has 1 aromatic heterocycles. The van der Waals surface area contributed by atoms with Crippen molar-refractivity contribution in [3.8, 4) is 0 Å². The van der Waals surface area contributed by atoms with Crippen LogP contribution in [0.4, 0.5) is 11.4 Å². The predicted molar refractivity (Wildman–Crippen MR) is 107 cm³/mol. The molecule has 8 nitrogen and oxygen atoms in total. The van der Waals surface area contributed by atoms with Gasteiger partial charge in [0.15, 0.2) is 5.16 Å². The second-order valence-electron chi connectivity index (χ2n) is 5.91. The second kappa shape index (κ2) is 9.14. The van der Waals surface area contributed by atoms with E-state index >= 15 is 0 Å². The third-order valence-corrected chi connectivity index (χ3v) is 5.05. The summed E-state index contributed by atoms with van der Waals surface area (Å²) in [6.45, 7) is 2.54. The monoisotopic (exact) mass is 397 g/mol. The minimum Gasteiger partial charge on any atom is -0.326 e. The van der Waals surface area contributed by atoms with Gasteiger partial charge in [-0.05, 0) is 19.1 Å². The highest BCUT2D eigenvalue weighted by Gasteiger charge is 2.17. The molecule has 0 spiro atoms. The Kier molecular flexibility index (Phi) is 6.38. The molecule has 3 rings (SSSR count). The Balaban J connectivity index is 1.68. The van der Waals surface area contributed by atoms with E-state index in [2.05, 4.69) is 15.5 Å². The lowest BCUT2D eigenvalue weighted by molar-refractivity contribution is -0.385. The van der Waals surface area contributed by atoms with Gasteiger partial charge < -0.3 is 9.88 Å². The summed E-state index contributed by atoms with van der Waals surface area (Å²) in [6.07, 6.45) is 0.0990. The number of rotatable bonds is 8. The van der Waals surface area contributed by atoms with E-state index in [-0.39, 0.29) is 22.9 Å². The van der Waals surface area contributed by atoms with Crippen molar-refractivity contribution < 1.29 is 9.72 Å². The van der Waals surface area contributed by atoms with Gasteiger partial charge in [-0.2, -0.15) is 0 Å². The van der Waals surface area contributed by atoms with Crippen LogP contribution >= 0.6 is 11.8 Å². The van der Waals surface area contributed by atoms with Gasteiger partial charge in [0.25, 0.3) is 5.69 Å². The SMILES string of the molecule is CCn1c(CC(=O)Nc2ccccc2)nnc1SCc1ccccc1[N+](=O)[O-]. The Labute approximate surface area is 166 Å². The maximum Gasteiger partial charge on any atom is 0.273 e. The lowest BCUT2D eigenvalue weighted by atomic mass is 10.2. The number of carbonyl (C=O) groups excluding carboxylic acids is 1. The van der Waals surface area contributed by atoms with Gasteiger partial charge in [0.05, 0.1) is 11.3 Å². The van der Waals surface area contributed by atoms with E-state index in [9.17, 15) is 14.9 Å². The van der Waals surface area contributed by atoms with E-state index < -0.39 is 0 Å². The Morgan fingerprint density at radius 1 is 1.14 bits per heavy atom. The molecule has 1 N–H and O–H groups in total. The third-order valence-electron chi connectivity index (χ3n) is 4.03. The maximum atomic E-state index is 12.3. The lowest BCUT2D eigenvalue weighted by Crippen LogP contribution is -2.17. The van der Waals surface area contributed by atoms with E-state index in [0.717, 1.165) is 5.69 Å². The van der Waals surface area contributed by atoms with E-state index in [1.54, 1.807) is 18.2 Å². The molecule has 0 aliphatic carbocycles. The molecule has 28 heavy (non-hydrogen) atoms. The number of para-hydroxylation sites is 2. The highest BCUT2D eigenvalue weighted by Crippen LogP contribution is 2.27. The van der Waals surface area contributed by atoms with Crippen LogP contribution in [-0.4, -0.2) is 25.6 Å². The quantitative estimate of drug-likeness (QED) is 0.353. The predicted octanol–water partition coefficient (Wildman–Crippen LogP) is 3.68. The van der Waals surface area contributed by atoms with Crippen LogP contribution in [0.1, 0.15) is 18.3 Å². The zero-order valence-electron chi connectivity index (χ0n) is 15.2. The third kappa shape index (κ3) is 4.74. The van der Waals surface area contributed by atoms with Crippen LogP contribution in [-0.2, 0) is 23.5 Å². The normalized spacial score (nSPS) is 10.6. The number of amides is 1. The number of carbonyl (C=O) groups is 1. The minimum atomic E-state index is -0.389. The Morgan fingerprint density at radius 2 is 1.86 bits per heavy atom. The summed E-state index contributed by atoms with van der Waals surface area (Å²) < 4.78 is 1.85. The Morgan fingerprint density at radius 3 is 2.57 bits per heavy atom. The fraction of sp³-hybridized carbons (Fsp3) is 0.211. The minimum absolute atomic E-state index is 0.0834. The number of nitrogens with one attached hydrogen (secondary N) is 1. The summed E-state index contributed by atoms with van der Waals surface area (Å²) in [4.78, 5) is 23.0. The molecule has 3 aromatic rings. The van der Waals surface area contributed by atoms with Crippen molar-refractivity contribution >= 4 is 29.0 Å². The Hall–Kier alpha value is -3.20. The van der Waals surface area contributed by atoms with Crippen LogP contribution in [0.15, 0.2) is 59.8 Å². The molecule has 144 valence electrons. The smallest absolute Gasteiger partial charge is 0.273 e. The topological polar surface area (TPSA) is 103 Å². The molecule has 0 bridgehead atoms. The van der Waals surface area contributed by atoms with Gasteiger partial charge in [0, 0.05) is 29.6 Å². The first-order valence-corrected chi connectivity index (χ1v) is 9.69. The van der Waals surface area contributed by atoms with Crippen molar-refractivity contribution in [2.24, 2.45) is 0 Å². The van der Waals surface area contributed by atoms with Gasteiger partial charge in [-0.3, -0.25) is 14.9 Å². The largest absolute Gasteiger partial charge is 0.326 e. The van der Waals surface area contributed by atoms with E-state index in [0.29, 0.717) is 28.8 Å². The molecular weight excluding hydrogens is 378 g/mol. The van der Waals surface area contributed by atoms with Gasteiger partial charge in [0.2, 0.25) is 5.91 Å². The first kappa shape index (κ1) is 19.6. The highest BCUT2D eigenvalue weighted by molar-refractivity contribution is 7.98. The molecule has 0 aliphatic rings. The number of anilines is 1. The number of nitro benzene ring substituents is 1. The summed E-state index contributed by atoms with van der Waals surface area (Å²) in [6, 6.07) is 15.8.